The van der Waals surface area contributed by atoms with Gasteiger partial charge in [0.2, 0.25) is 5.91 Å². The van der Waals surface area contributed by atoms with Crippen LogP contribution < -0.4 is 5.32 Å². The molecular formula is C15H20N4OS. The maximum atomic E-state index is 12.2. The molecule has 1 amide bonds. The molecule has 0 unspecified atom stereocenters. The second-order valence-electron chi connectivity index (χ2n) is 5.60. The first kappa shape index (κ1) is 14.3. The third kappa shape index (κ3) is 2.48. The summed E-state index contributed by atoms with van der Waals surface area (Å²) < 4.78 is 0. The van der Waals surface area contributed by atoms with E-state index in [9.17, 15) is 4.79 Å². The van der Waals surface area contributed by atoms with Crippen molar-refractivity contribution in [2.45, 2.75) is 33.7 Å². The first-order valence-corrected chi connectivity index (χ1v) is 8.21. The van der Waals surface area contributed by atoms with E-state index in [0.29, 0.717) is 6.54 Å². The predicted molar refractivity (Wildman–Crippen MR) is 85.5 cm³/mol. The van der Waals surface area contributed by atoms with E-state index in [0.717, 1.165) is 35.5 Å². The highest BCUT2D eigenvalue weighted by Crippen LogP contribution is 2.37. The fourth-order valence-corrected chi connectivity index (χ4v) is 3.99. The summed E-state index contributed by atoms with van der Waals surface area (Å²) in [6.45, 7) is 8.31. The summed E-state index contributed by atoms with van der Waals surface area (Å²) >= 11 is 1.69. The molecule has 3 rings (SSSR count). The van der Waals surface area contributed by atoms with Crippen LogP contribution in [0.3, 0.4) is 0 Å². The highest BCUT2D eigenvalue weighted by Gasteiger charge is 2.27. The second-order valence-corrected chi connectivity index (χ2v) is 6.68. The maximum absolute atomic E-state index is 12.2. The van der Waals surface area contributed by atoms with Gasteiger partial charge in [-0.05, 0) is 18.9 Å². The molecule has 2 aromatic heterocycles. The van der Waals surface area contributed by atoms with Gasteiger partial charge in [-0.15, -0.1) is 11.3 Å². The minimum atomic E-state index is 0.0537. The number of carbonyl (C=O) groups excluding carboxylic acids is 1. The van der Waals surface area contributed by atoms with Gasteiger partial charge in [0.25, 0.3) is 0 Å². The summed E-state index contributed by atoms with van der Waals surface area (Å²) in [4.78, 5) is 25.2. The van der Waals surface area contributed by atoms with Gasteiger partial charge in [0.1, 0.15) is 17.0 Å². The molecule has 0 aliphatic carbocycles. The number of amides is 1. The predicted octanol–water partition coefficient (Wildman–Crippen LogP) is 2.66. The van der Waals surface area contributed by atoms with Gasteiger partial charge in [0.15, 0.2) is 0 Å². The molecule has 3 heterocycles. The largest absolute Gasteiger partial charge is 0.370 e. The molecule has 1 aliphatic heterocycles. The Hall–Kier alpha value is -1.69. The van der Waals surface area contributed by atoms with Crippen molar-refractivity contribution < 1.29 is 4.79 Å². The Morgan fingerprint density at radius 2 is 2.29 bits per heavy atom. The Labute approximate surface area is 128 Å². The quantitative estimate of drug-likeness (QED) is 0.947. The van der Waals surface area contributed by atoms with Crippen LogP contribution in [0.2, 0.25) is 0 Å². The molecule has 0 saturated heterocycles. The Bertz CT molecular complexity index is 680. The molecule has 2 aromatic rings. The van der Waals surface area contributed by atoms with Crippen molar-refractivity contribution >= 4 is 33.3 Å². The lowest BCUT2D eigenvalue weighted by Crippen LogP contribution is -2.37. The second kappa shape index (κ2) is 5.60. The number of nitrogens with one attached hydrogen (secondary N) is 1. The van der Waals surface area contributed by atoms with E-state index in [2.05, 4.69) is 22.2 Å². The summed E-state index contributed by atoms with van der Waals surface area (Å²) in [5, 5.41) is 4.46. The van der Waals surface area contributed by atoms with Crippen LogP contribution in [0, 0.1) is 5.92 Å². The van der Waals surface area contributed by atoms with E-state index in [4.69, 9.17) is 0 Å². The molecule has 0 spiro atoms. The SMILES string of the molecule is CCNc1ncnc2sc3c(c12)CCN(C(=O)C(C)C)C3. The zero-order valence-corrected chi connectivity index (χ0v) is 13.5. The van der Waals surface area contributed by atoms with Gasteiger partial charge in [0, 0.05) is 23.9 Å². The molecule has 0 radical (unpaired) electrons. The van der Waals surface area contributed by atoms with Crippen molar-refractivity contribution in [1.82, 2.24) is 14.9 Å². The topological polar surface area (TPSA) is 58.1 Å². The lowest BCUT2D eigenvalue weighted by Gasteiger charge is -2.28. The van der Waals surface area contributed by atoms with Crippen LogP contribution in [0.4, 0.5) is 5.82 Å². The number of hydrogen-bond donors (Lipinski definition) is 1. The van der Waals surface area contributed by atoms with Crippen molar-refractivity contribution in [2.75, 3.05) is 18.4 Å². The van der Waals surface area contributed by atoms with E-state index < -0.39 is 0 Å². The monoisotopic (exact) mass is 304 g/mol. The van der Waals surface area contributed by atoms with E-state index in [1.807, 2.05) is 18.7 Å². The average molecular weight is 304 g/mol. The molecular weight excluding hydrogens is 284 g/mol. The van der Waals surface area contributed by atoms with Crippen LogP contribution in [-0.4, -0.2) is 33.9 Å². The molecule has 5 nitrogen and oxygen atoms in total. The molecule has 1 aliphatic rings. The molecule has 0 fully saturated rings. The van der Waals surface area contributed by atoms with Crippen molar-refractivity contribution in [3.63, 3.8) is 0 Å². The fourth-order valence-electron chi connectivity index (χ4n) is 2.78. The van der Waals surface area contributed by atoms with E-state index in [-0.39, 0.29) is 11.8 Å². The van der Waals surface area contributed by atoms with Gasteiger partial charge in [0.05, 0.1) is 11.9 Å². The summed E-state index contributed by atoms with van der Waals surface area (Å²) in [6, 6.07) is 0. The molecule has 6 heteroatoms. The minimum absolute atomic E-state index is 0.0537. The number of nitrogens with zero attached hydrogens (tertiary/aromatic N) is 3. The average Bonchev–Trinajstić information content (AvgIpc) is 2.85. The lowest BCUT2D eigenvalue weighted by molar-refractivity contribution is -0.135. The van der Waals surface area contributed by atoms with Gasteiger partial charge in [-0.1, -0.05) is 13.8 Å². The highest BCUT2D eigenvalue weighted by molar-refractivity contribution is 7.19. The van der Waals surface area contributed by atoms with Crippen LogP contribution in [0.15, 0.2) is 6.33 Å². The maximum Gasteiger partial charge on any atom is 0.225 e. The van der Waals surface area contributed by atoms with Crippen molar-refractivity contribution in [3.8, 4) is 0 Å². The summed E-state index contributed by atoms with van der Waals surface area (Å²) in [7, 11) is 0. The molecule has 0 bridgehead atoms. The standard InChI is InChI=1S/C15H20N4OS/c1-4-16-13-12-10-5-6-19(15(20)9(2)3)7-11(10)21-14(12)18-8-17-13/h8-9H,4-7H2,1-3H3,(H,16,17,18). The van der Waals surface area contributed by atoms with Crippen LogP contribution in [0.5, 0.6) is 0 Å². The number of hydrogen-bond acceptors (Lipinski definition) is 5. The molecule has 112 valence electrons. The van der Waals surface area contributed by atoms with E-state index in [1.54, 1.807) is 17.7 Å². The van der Waals surface area contributed by atoms with Gasteiger partial charge in [-0.2, -0.15) is 0 Å². The van der Waals surface area contributed by atoms with Crippen molar-refractivity contribution in [2.24, 2.45) is 5.92 Å². The first-order valence-electron chi connectivity index (χ1n) is 7.39. The van der Waals surface area contributed by atoms with Crippen LogP contribution in [0.25, 0.3) is 10.2 Å². The number of carbonyl (C=O) groups is 1. The lowest BCUT2D eigenvalue weighted by atomic mass is 10.0. The summed E-state index contributed by atoms with van der Waals surface area (Å²) in [5.41, 5.74) is 1.32. The first-order chi connectivity index (χ1) is 10.1. The normalized spacial score (nSPS) is 14.6. The third-order valence-electron chi connectivity index (χ3n) is 3.79. The zero-order valence-electron chi connectivity index (χ0n) is 12.6. The van der Waals surface area contributed by atoms with Crippen LogP contribution in [-0.2, 0) is 17.8 Å². The van der Waals surface area contributed by atoms with Gasteiger partial charge < -0.3 is 10.2 Å². The molecule has 21 heavy (non-hydrogen) atoms. The smallest absolute Gasteiger partial charge is 0.225 e. The highest BCUT2D eigenvalue weighted by atomic mass is 32.1. The Morgan fingerprint density at radius 3 is 3.00 bits per heavy atom. The number of thiophene rings is 1. The molecule has 0 aromatic carbocycles. The molecule has 1 N–H and O–H groups in total. The Morgan fingerprint density at radius 1 is 1.48 bits per heavy atom. The summed E-state index contributed by atoms with van der Waals surface area (Å²) in [6.07, 6.45) is 2.50. The van der Waals surface area contributed by atoms with Gasteiger partial charge in [-0.3, -0.25) is 4.79 Å². The summed E-state index contributed by atoms with van der Waals surface area (Å²) in [5.74, 6) is 1.21. The minimum Gasteiger partial charge on any atom is -0.370 e. The molecule has 0 saturated carbocycles. The van der Waals surface area contributed by atoms with E-state index >= 15 is 0 Å². The number of fused-ring (bicyclic) bond motifs is 3. The Kier molecular flexibility index (Phi) is 3.80. The van der Waals surface area contributed by atoms with E-state index in [1.165, 1.54) is 10.4 Å². The van der Waals surface area contributed by atoms with Crippen LogP contribution in [0.1, 0.15) is 31.2 Å². The third-order valence-corrected chi connectivity index (χ3v) is 4.91. The van der Waals surface area contributed by atoms with Crippen LogP contribution >= 0.6 is 11.3 Å². The number of anilines is 1. The number of aromatic nitrogens is 2. The molecule has 0 atom stereocenters. The Balaban J connectivity index is 1.99. The van der Waals surface area contributed by atoms with Gasteiger partial charge >= 0.3 is 0 Å². The van der Waals surface area contributed by atoms with Crippen molar-refractivity contribution in [3.05, 3.63) is 16.8 Å². The van der Waals surface area contributed by atoms with Crippen molar-refractivity contribution in [1.29, 1.82) is 0 Å². The van der Waals surface area contributed by atoms with Gasteiger partial charge in [-0.25, -0.2) is 9.97 Å². The fraction of sp³-hybridized carbons (Fsp3) is 0.533. The number of rotatable bonds is 3. The zero-order chi connectivity index (χ0) is 15.0.